The van der Waals surface area contributed by atoms with Crippen LogP contribution in [0.5, 0.6) is 0 Å². The van der Waals surface area contributed by atoms with E-state index in [1.807, 2.05) is 7.05 Å². The standard InChI is InChI=1S/C9H16N6OS/c1-14-3-2-4-15(6-8(14)16)5-7-12-13-9(11-10)17-7/h2-6,10H2,1H3,(H,11,13). The van der Waals surface area contributed by atoms with Crippen LogP contribution in [0.2, 0.25) is 0 Å². The van der Waals surface area contributed by atoms with Crippen LogP contribution in [-0.4, -0.2) is 52.6 Å². The molecule has 17 heavy (non-hydrogen) atoms. The maximum Gasteiger partial charge on any atom is 0.236 e. The van der Waals surface area contributed by atoms with Crippen molar-refractivity contribution in [3.05, 3.63) is 5.01 Å². The van der Waals surface area contributed by atoms with Crippen LogP contribution in [0.25, 0.3) is 0 Å². The highest BCUT2D eigenvalue weighted by Crippen LogP contribution is 2.16. The monoisotopic (exact) mass is 256 g/mol. The summed E-state index contributed by atoms with van der Waals surface area (Å²) in [6.45, 7) is 2.82. The van der Waals surface area contributed by atoms with Crippen LogP contribution in [0, 0.1) is 0 Å². The second-order valence-electron chi connectivity index (χ2n) is 4.02. The zero-order valence-corrected chi connectivity index (χ0v) is 10.5. The SMILES string of the molecule is CN1CCCN(Cc2nnc(NN)s2)CC1=O. The maximum atomic E-state index is 11.7. The van der Waals surface area contributed by atoms with Gasteiger partial charge in [0.05, 0.1) is 13.1 Å². The molecule has 0 atom stereocenters. The number of nitrogens with one attached hydrogen (secondary N) is 1. The number of amides is 1. The van der Waals surface area contributed by atoms with E-state index in [0.29, 0.717) is 18.2 Å². The number of nitrogens with two attached hydrogens (primary N) is 1. The number of anilines is 1. The fraction of sp³-hybridized carbons (Fsp3) is 0.667. The molecular weight excluding hydrogens is 240 g/mol. The van der Waals surface area contributed by atoms with Crippen LogP contribution < -0.4 is 11.3 Å². The first-order valence-electron chi connectivity index (χ1n) is 5.44. The van der Waals surface area contributed by atoms with Gasteiger partial charge in [-0.15, -0.1) is 10.2 Å². The van der Waals surface area contributed by atoms with Crippen molar-refractivity contribution in [1.29, 1.82) is 0 Å². The summed E-state index contributed by atoms with van der Waals surface area (Å²) in [5.41, 5.74) is 2.46. The van der Waals surface area contributed by atoms with Gasteiger partial charge < -0.3 is 4.90 Å². The molecule has 0 aromatic carbocycles. The predicted molar refractivity (Wildman–Crippen MR) is 65.3 cm³/mol. The Balaban J connectivity index is 1.96. The molecule has 3 N–H and O–H groups in total. The number of hydrazine groups is 1. The third-order valence-corrected chi connectivity index (χ3v) is 3.54. The second-order valence-corrected chi connectivity index (χ2v) is 5.09. The Morgan fingerprint density at radius 2 is 2.29 bits per heavy atom. The largest absolute Gasteiger partial charge is 0.345 e. The summed E-state index contributed by atoms with van der Waals surface area (Å²) >= 11 is 1.41. The molecule has 0 unspecified atom stereocenters. The quantitative estimate of drug-likeness (QED) is 0.559. The number of nitrogen functional groups attached to an aromatic ring is 1. The van der Waals surface area contributed by atoms with Gasteiger partial charge in [0, 0.05) is 20.1 Å². The molecule has 1 aliphatic rings. The number of likely N-dealkylation sites (N-methyl/N-ethyl adjacent to an activating group) is 1. The van der Waals surface area contributed by atoms with E-state index in [1.54, 1.807) is 4.90 Å². The summed E-state index contributed by atoms with van der Waals surface area (Å²) in [5.74, 6) is 5.40. The van der Waals surface area contributed by atoms with Crippen LogP contribution in [0.3, 0.4) is 0 Å². The van der Waals surface area contributed by atoms with Crippen LogP contribution in [0.1, 0.15) is 11.4 Å². The summed E-state index contributed by atoms with van der Waals surface area (Å²) < 4.78 is 0. The number of rotatable bonds is 3. The molecule has 0 radical (unpaired) electrons. The average Bonchev–Trinajstić information content (AvgIpc) is 2.69. The van der Waals surface area contributed by atoms with Crippen LogP contribution >= 0.6 is 11.3 Å². The zero-order chi connectivity index (χ0) is 12.3. The molecule has 1 fully saturated rings. The summed E-state index contributed by atoms with van der Waals surface area (Å²) in [7, 11) is 1.84. The first-order chi connectivity index (χ1) is 8.19. The topological polar surface area (TPSA) is 87.4 Å². The van der Waals surface area contributed by atoms with Crippen molar-refractivity contribution < 1.29 is 4.79 Å². The molecule has 0 saturated carbocycles. The van der Waals surface area contributed by atoms with Crippen LogP contribution in [0.15, 0.2) is 0 Å². The van der Waals surface area contributed by atoms with Gasteiger partial charge in [-0.2, -0.15) is 0 Å². The first kappa shape index (κ1) is 12.2. The van der Waals surface area contributed by atoms with Gasteiger partial charge in [-0.25, -0.2) is 5.84 Å². The van der Waals surface area contributed by atoms with E-state index < -0.39 is 0 Å². The Hall–Kier alpha value is -1.25. The molecule has 1 saturated heterocycles. The molecule has 8 heteroatoms. The molecule has 0 aliphatic carbocycles. The fourth-order valence-corrected chi connectivity index (χ4v) is 2.44. The summed E-state index contributed by atoms with van der Waals surface area (Å²) in [6.07, 6.45) is 0.989. The Kier molecular flexibility index (Phi) is 3.87. The van der Waals surface area contributed by atoms with Crippen molar-refractivity contribution in [2.75, 3.05) is 32.1 Å². The predicted octanol–water partition coefficient (Wildman–Crippen LogP) is -0.512. The van der Waals surface area contributed by atoms with Gasteiger partial charge in [0.25, 0.3) is 0 Å². The molecule has 1 aromatic rings. The van der Waals surface area contributed by atoms with Crippen molar-refractivity contribution >= 4 is 22.4 Å². The number of carbonyl (C=O) groups excluding carboxylic acids is 1. The van der Waals surface area contributed by atoms with Crippen molar-refractivity contribution in [3.63, 3.8) is 0 Å². The van der Waals surface area contributed by atoms with Crippen molar-refractivity contribution in [3.8, 4) is 0 Å². The average molecular weight is 256 g/mol. The normalized spacial score (nSPS) is 18.2. The fourth-order valence-electron chi connectivity index (χ4n) is 1.75. The number of hydrogen-bond acceptors (Lipinski definition) is 7. The molecule has 1 amide bonds. The van der Waals surface area contributed by atoms with E-state index in [-0.39, 0.29) is 5.91 Å². The molecule has 2 heterocycles. The van der Waals surface area contributed by atoms with Crippen molar-refractivity contribution in [2.45, 2.75) is 13.0 Å². The minimum atomic E-state index is 0.157. The molecule has 1 aliphatic heterocycles. The van der Waals surface area contributed by atoms with Gasteiger partial charge in [-0.05, 0) is 6.42 Å². The first-order valence-corrected chi connectivity index (χ1v) is 6.26. The van der Waals surface area contributed by atoms with Crippen molar-refractivity contribution in [1.82, 2.24) is 20.0 Å². The van der Waals surface area contributed by atoms with Gasteiger partial charge >= 0.3 is 0 Å². The van der Waals surface area contributed by atoms with E-state index in [1.165, 1.54) is 11.3 Å². The third-order valence-electron chi connectivity index (χ3n) is 2.70. The Morgan fingerprint density at radius 3 is 3.00 bits per heavy atom. The van der Waals surface area contributed by atoms with E-state index in [2.05, 4.69) is 20.5 Å². The Bertz CT molecular complexity index is 395. The van der Waals surface area contributed by atoms with E-state index in [9.17, 15) is 4.79 Å². The second kappa shape index (κ2) is 5.39. The summed E-state index contributed by atoms with van der Waals surface area (Å²) in [4.78, 5) is 15.6. The van der Waals surface area contributed by atoms with Crippen LogP contribution in [-0.2, 0) is 11.3 Å². The molecule has 94 valence electrons. The zero-order valence-electron chi connectivity index (χ0n) is 9.72. The van der Waals surface area contributed by atoms with E-state index in [0.717, 1.165) is 24.5 Å². The lowest BCUT2D eigenvalue weighted by atomic mass is 10.4. The summed E-state index contributed by atoms with van der Waals surface area (Å²) in [5, 5.41) is 9.35. The lowest BCUT2D eigenvalue weighted by molar-refractivity contribution is -0.129. The van der Waals surface area contributed by atoms with E-state index in [4.69, 9.17) is 5.84 Å². The molecule has 7 nitrogen and oxygen atoms in total. The number of nitrogens with zero attached hydrogens (tertiary/aromatic N) is 4. The molecule has 0 bridgehead atoms. The lowest BCUT2D eigenvalue weighted by Crippen LogP contribution is -2.34. The maximum absolute atomic E-state index is 11.7. The number of aromatic nitrogens is 2. The minimum absolute atomic E-state index is 0.157. The molecule has 0 spiro atoms. The summed E-state index contributed by atoms with van der Waals surface area (Å²) in [6, 6.07) is 0. The Labute approximate surface area is 104 Å². The third kappa shape index (κ3) is 3.11. The molecule has 1 aromatic heterocycles. The van der Waals surface area contributed by atoms with E-state index >= 15 is 0 Å². The lowest BCUT2D eigenvalue weighted by Gasteiger charge is -2.17. The smallest absolute Gasteiger partial charge is 0.236 e. The van der Waals surface area contributed by atoms with Gasteiger partial charge in [-0.1, -0.05) is 11.3 Å². The highest BCUT2D eigenvalue weighted by Gasteiger charge is 2.19. The molecule has 2 rings (SSSR count). The highest BCUT2D eigenvalue weighted by molar-refractivity contribution is 7.15. The Morgan fingerprint density at radius 1 is 1.47 bits per heavy atom. The van der Waals surface area contributed by atoms with Gasteiger partial charge in [-0.3, -0.25) is 15.1 Å². The highest BCUT2D eigenvalue weighted by atomic mass is 32.1. The molecular formula is C9H16N6OS. The van der Waals surface area contributed by atoms with Gasteiger partial charge in [0.1, 0.15) is 5.01 Å². The van der Waals surface area contributed by atoms with Gasteiger partial charge in [0.2, 0.25) is 11.0 Å². The van der Waals surface area contributed by atoms with Gasteiger partial charge in [0.15, 0.2) is 0 Å². The number of carbonyl (C=O) groups is 1. The minimum Gasteiger partial charge on any atom is -0.345 e. The van der Waals surface area contributed by atoms with Crippen molar-refractivity contribution in [2.24, 2.45) is 5.84 Å². The number of hydrogen-bond donors (Lipinski definition) is 2. The van der Waals surface area contributed by atoms with Crippen LogP contribution in [0.4, 0.5) is 5.13 Å².